The maximum Gasteiger partial charge on any atom is 0.142 e. The molecule has 0 bridgehead atoms. The van der Waals surface area contributed by atoms with E-state index in [0.717, 1.165) is 6.07 Å². The minimum absolute atomic E-state index is 0.142. The second-order valence-electron chi connectivity index (χ2n) is 3.47. The molecule has 0 spiro atoms. The lowest BCUT2D eigenvalue weighted by Gasteiger charge is -2.06. The maximum atomic E-state index is 13.1. The molecule has 3 heteroatoms. The number of halogens is 1. The summed E-state index contributed by atoms with van der Waals surface area (Å²) in [5.41, 5.74) is -0.991. The summed E-state index contributed by atoms with van der Waals surface area (Å²) in [7, 11) is 0. The van der Waals surface area contributed by atoms with Crippen LogP contribution in [0.5, 0.6) is 5.75 Å². The smallest absolute Gasteiger partial charge is 0.142 e. The van der Waals surface area contributed by atoms with Gasteiger partial charge in [0.15, 0.2) is 0 Å². The molecule has 0 saturated heterocycles. The highest BCUT2D eigenvalue weighted by molar-refractivity contribution is 5.40. The Hall–Kier alpha value is -1.53. The largest absolute Gasteiger partial charge is 0.508 e. The van der Waals surface area contributed by atoms with Crippen molar-refractivity contribution in [3.05, 3.63) is 29.6 Å². The zero-order valence-corrected chi connectivity index (χ0v) is 8.00. The Balaban J connectivity index is 3.02. The Morgan fingerprint density at radius 2 is 2.00 bits per heavy atom. The molecule has 0 aliphatic heterocycles. The van der Waals surface area contributed by atoms with Crippen molar-refractivity contribution >= 4 is 0 Å². The molecular formula is C11H11FO2. The molecule has 0 fully saturated rings. The van der Waals surface area contributed by atoms with Gasteiger partial charge in [0, 0.05) is 6.07 Å². The molecule has 2 nitrogen and oxygen atoms in total. The van der Waals surface area contributed by atoms with Gasteiger partial charge < -0.3 is 10.2 Å². The lowest BCUT2D eigenvalue weighted by Crippen LogP contribution is -2.14. The summed E-state index contributed by atoms with van der Waals surface area (Å²) in [5, 5.41) is 18.2. The minimum atomic E-state index is -1.15. The Kier molecular flexibility index (Phi) is 2.78. The Bertz CT molecular complexity index is 394. The minimum Gasteiger partial charge on any atom is -0.508 e. The number of aromatic hydroxyl groups is 1. The summed E-state index contributed by atoms with van der Waals surface area (Å²) in [6.45, 7) is 3.02. The number of hydrogen-bond donors (Lipinski definition) is 2. The summed E-state index contributed by atoms with van der Waals surface area (Å²) in [6, 6.07) is 3.69. The summed E-state index contributed by atoms with van der Waals surface area (Å²) < 4.78 is 13.1. The molecule has 0 heterocycles. The van der Waals surface area contributed by atoms with Crippen molar-refractivity contribution in [3.63, 3.8) is 0 Å². The topological polar surface area (TPSA) is 40.5 Å². The van der Waals surface area contributed by atoms with Gasteiger partial charge in [0.25, 0.3) is 0 Å². The number of aliphatic hydroxyl groups is 1. The predicted molar refractivity (Wildman–Crippen MR) is 51.2 cm³/mol. The van der Waals surface area contributed by atoms with E-state index >= 15 is 0 Å². The van der Waals surface area contributed by atoms with Crippen LogP contribution < -0.4 is 0 Å². The third-order valence-corrected chi connectivity index (χ3v) is 1.46. The van der Waals surface area contributed by atoms with Gasteiger partial charge in [0.05, 0.1) is 5.56 Å². The SMILES string of the molecule is CC(C)(O)C#Cc1ccc(O)cc1F. The number of phenols is 1. The molecule has 1 aromatic carbocycles. The van der Waals surface area contributed by atoms with Crippen molar-refractivity contribution in [2.24, 2.45) is 0 Å². The van der Waals surface area contributed by atoms with Crippen molar-refractivity contribution < 1.29 is 14.6 Å². The average Bonchev–Trinajstić information content (AvgIpc) is 2.00. The van der Waals surface area contributed by atoms with E-state index in [1.165, 1.54) is 26.0 Å². The van der Waals surface area contributed by atoms with Crippen molar-refractivity contribution in [1.29, 1.82) is 0 Å². The van der Waals surface area contributed by atoms with E-state index in [4.69, 9.17) is 5.11 Å². The monoisotopic (exact) mass is 194 g/mol. The third-order valence-electron chi connectivity index (χ3n) is 1.46. The van der Waals surface area contributed by atoms with Gasteiger partial charge in [-0.15, -0.1) is 0 Å². The number of phenolic OH excluding ortho intramolecular Hbond substituents is 1. The highest BCUT2D eigenvalue weighted by Gasteiger charge is 2.06. The van der Waals surface area contributed by atoms with E-state index in [2.05, 4.69) is 11.8 Å². The molecule has 0 amide bonds. The van der Waals surface area contributed by atoms with Gasteiger partial charge >= 0.3 is 0 Å². The fourth-order valence-corrected chi connectivity index (χ4v) is 0.826. The van der Waals surface area contributed by atoms with Gasteiger partial charge in [0.2, 0.25) is 0 Å². The van der Waals surface area contributed by atoms with E-state index < -0.39 is 11.4 Å². The molecule has 1 aromatic rings. The van der Waals surface area contributed by atoms with Crippen LogP contribution in [0.2, 0.25) is 0 Å². The fraction of sp³-hybridized carbons (Fsp3) is 0.273. The third kappa shape index (κ3) is 3.08. The number of hydrogen-bond acceptors (Lipinski definition) is 2. The van der Waals surface area contributed by atoms with E-state index in [-0.39, 0.29) is 11.3 Å². The second kappa shape index (κ2) is 3.69. The molecule has 2 N–H and O–H groups in total. The van der Waals surface area contributed by atoms with E-state index in [9.17, 15) is 9.50 Å². The molecule has 74 valence electrons. The van der Waals surface area contributed by atoms with Crippen molar-refractivity contribution in [2.45, 2.75) is 19.4 Å². The number of rotatable bonds is 0. The van der Waals surface area contributed by atoms with Crippen LogP contribution in [-0.4, -0.2) is 15.8 Å². The first kappa shape index (κ1) is 10.6. The molecule has 0 atom stereocenters. The van der Waals surface area contributed by atoms with Crippen LogP contribution in [0, 0.1) is 17.7 Å². The Morgan fingerprint density at radius 1 is 1.36 bits per heavy atom. The molecule has 0 saturated carbocycles. The van der Waals surface area contributed by atoms with Gasteiger partial charge in [-0.25, -0.2) is 4.39 Å². The Labute approximate surface area is 82.0 Å². The van der Waals surface area contributed by atoms with Gasteiger partial charge in [-0.3, -0.25) is 0 Å². The summed E-state index contributed by atoms with van der Waals surface area (Å²) >= 11 is 0. The molecule has 14 heavy (non-hydrogen) atoms. The fourth-order valence-electron chi connectivity index (χ4n) is 0.826. The highest BCUT2D eigenvalue weighted by atomic mass is 19.1. The highest BCUT2D eigenvalue weighted by Crippen LogP contribution is 2.14. The maximum absolute atomic E-state index is 13.1. The van der Waals surface area contributed by atoms with Crippen LogP contribution in [0.1, 0.15) is 19.4 Å². The molecule has 0 aliphatic rings. The molecule has 0 unspecified atom stereocenters. The second-order valence-corrected chi connectivity index (χ2v) is 3.47. The van der Waals surface area contributed by atoms with Crippen molar-refractivity contribution in [3.8, 4) is 17.6 Å². The summed E-state index contributed by atoms with van der Waals surface area (Å²) in [4.78, 5) is 0. The number of benzene rings is 1. The zero-order chi connectivity index (χ0) is 10.8. The van der Waals surface area contributed by atoms with E-state index in [1.54, 1.807) is 0 Å². The van der Waals surface area contributed by atoms with Crippen LogP contribution in [0.15, 0.2) is 18.2 Å². The van der Waals surface area contributed by atoms with Crippen LogP contribution >= 0.6 is 0 Å². The molecule has 0 radical (unpaired) electrons. The van der Waals surface area contributed by atoms with Gasteiger partial charge in [-0.2, -0.15) is 0 Å². The van der Waals surface area contributed by atoms with Gasteiger partial charge in [0.1, 0.15) is 17.2 Å². The van der Waals surface area contributed by atoms with E-state index in [1.807, 2.05) is 0 Å². The summed E-state index contributed by atoms with van der Waals surface area (Å²) in [5.74, 6) is 4.24. The molecule has 1 rings (SSSR count). The van der Waals surface area contributed by atoms with Crippen LogP contribution in [0.25, 0.3) is 0 Å². The zero-order valence-electron chi connectivity index (χ0n) is 8.00. The summed E-state index contributed by atoms with van der Waals surface area (Å²) in [6.07, 6.45) is 0. The van der Waals surface area contributed by atoms with Crippen molar-refractivity contribution in [2.75, 3.05) is 0 Å². The molecule has 0 aromatic heterocycles. The predicted octanol–water partition coefficient (Wildman–Crippen LogP) is 1.65. The molecular weight excluding hydrogens is 183 g/mol. The Morgan fingerprint density at radius 3 is 2.50 bits per heavy atom. The van der Waals surface area contributed by atoms with Crippen LogP contribution in [0.3, 0.4) is 0 Å². The average molecular weight is 194 g/mol. The first-order valence-electron chi connectivity index (χ1n) is 4.12. The van der Waals surface area contributed by atoms with Crippen molar-refractivity contribution in [1.82, 2.24) is 0 Å². The normalized spacial score (nSPS) is 10.6. The van der Waals surface area contributed by atoms with Gasteiger partial charge in [-0.05, 0) is 26.0 Å². The molecule has 0 aliphatic carbocycles. The first-order valence-corrected chi connectivity index (χ1v) is 4.12. The standard InChI is InChI=1S/C11H11FO2/c1-11(2,14)6-5-8-3-4-9(13)7-10(8)12/h3-4,7,13-14H,1-2H3. The van der Waals surface area contributed by atoms with Crippen LogP contribution in [0.4, 0.5) is 4.39 Å². The quantitative estimate of drug-likeness (QED) is 0.616. The van der Waals surface area contributed by atoms with Gasteiger partial charge in [-0.1, -0.05) is 11.8 Å². The lowest BCUT2D eigenvalue weighted by molar-refractivity contribution is 0.143. The lowest BCUT2D eigenvalue weighted by atomic mass is 10.1. The first-order chi connectivity index (χ1) is 6.38. The van der Waals surface area contributed by atoms with E-state index in [0.29, 0.717) is 0 Å². The van der Waals surface area contributed by atoms with Crippen LogP contribution in [-0.2, 0) is 0 Å².